The van der Waals surface area contributed by atoms with Gasteiger partial charge in [0.1, 0.15) is 0 Å². The van der Waals surface area contributed by atoms with Crippen molar-refractivity contribution in [1.29, 1.82) is 0 Å². The molecular formula is C13H17N2. The SMILES string of the molecule is CCC(N(C)C)n1[c]cc2ccccc21. The summed E-state index contributed by atoms with van der Waals surface area (Å²) < 4.78 is 2.22. The van der Waals surface area contributed by atoms with Crippen molar-refractivity contribution in [2.24, 2.45) is 0 Å². The monoisotopic (exact) mass is 201 g/mol. The maximum atomic E-state index is 3.32. The van der Waals surface area contributed by atoms with Crippen LogP contribution in [0.1, 0.15) is 19.5 Å². The van der Waals surface area contributed by atoms with Gasteiger partial charge < -0.3 is 4.57 Å². The number of para-hydroxylation sites is 1. The number of aromatic nitrogens is 1. The number of rotatable bonds is 3. The van der Waals surface area contributed by atoms with Crippen molar-refractivity contribution in [3.63, 3.8) is 0 Å². The van der Waals surface area contributed by atoms with Crippen molar-refractivity contribution in [3.8, 4) is 0 Å². The van der Waals surface area contributed by atoms with E-state index in [0.29, 0.717) is 6.17 Å². The van der Waals surface area contributed by atoms with Gasteiger partial charge >= 0.3 is 0 Å². The zero-order valence-electron chi connectivity index (χ0n) is 9.57. The third-order valence-electron chi connectivity index (χ3n) is 2.81. The first kappa shape index (κ1) is 10.2. The zero-order chi connectivity index (χ0) is 10.8. The van der Waals surface area contributed by atoms with Gasteiger partial charge in [0.2, 0.25) is 0 Å². The van der Waals surface area contributed by atoms with E-state index >= 15 is 0 Å². The van der Waals surface area contributed by atoms with E-state index in [4.69, 9.17) is 0 Å². The van der Waals surface area contributed by atoms with Crippen LogP contribution in [0.2, 0.25) is 0 Å². The minimum absolute atomic E-state index is 0.393. The van der Waals surface area contributed by atoms with Gasteiger partial charge in [-0.2, -0.15) is 0 Å². The molecule has 0 spiro atoms. The Morgan fingerprint density at radius 2 is 2.07 bits per heavy atom. The molecule has 2 aromatic rings. The standard InChI is InChI=1S/C13H17N2/c1-4-13(14(2)3)15-10-9-11-7-5-6-8-12(11)15/h5-9,13H,4H2,1-3H3. The molecule has 79 valence electrons. The van der Waals surface area contributed by atoms with Crippen molar-refractivity contribution in [2.75, 3.05) is 14.1 Å². The number of hydrogen-bond donors (Lipinski definition) is 0. The molecule has 0 N–H and O–H groups in total. The predicted octanol–water partition coefficient (Wildman–Crippen LogP) is 2.91. The third-order valence-corrected chi connectivity index (χ3v) is 2.81. The summed E-state index contributed by atoms with van der Waals surface area (Å²) in [6.07, 6.45) is 4.80. The van der Waals surface area contributed by atoms with Crippen LogP contribution in [0, 0.1) is 6.20 Å². The minimum Gasteiger partial charge on any atom is -0.323 e. The van der Waals surface area contributed by atoms with E-state index in [1.165, 1.54) is 10.9 Å². The lowest BCUT2D eigenvalue weighted by Gasteiger charge is -2.25. The third kappa shape index (κ3) is 1.77. The van der Waals surface area contributed by atoms with Gasteiger partial charge in [0.15, 0.2) is 0 Å². The molecule has 2 heteroatoms. The Kier molecular flexibility index (Phi) is 2.78. The van der Waals surface area contributed by atoms with E-state index in [1.807, 2.05) is 0 Å². The molecule has 1 heterocycles. The van der Waals surface area contributed by atoms with Gasteiger partial charge in [-0.1, -0.05) is 25.1 Å². The molecule has 1 atom stereocenters. The Morgan fingerprint density at radius 1 is 1.33 bits per heavy atom. The highest BCUT2D eigenvalue weighted by molar-refractivity contribution is 5.79. The van der Waals surface area contributed by atoms with Gasteiger partial charge in [-0.3, -0.25) is 4.90 Å². The first-order valence-corrected chi connectivity index (χ1v) is 5.38. The zero-order valence-corrected chi connectivity index (χ0v) is 9.57. The van der Waals surface area contributed by atoms with E-state index in [2.05, 4.69) is 67.0 Å². The van der Waals surface area contributed by atoms with E-state index in [0.717, 1.165) is 6.42 Å². The second-order valence-corrected chi connectivity index (χ2v) is 4.05. The van der Waals surface area contributed by atoms with Gasteiger partial charge in [0.05, 0.1) is 12.4 Å². The molecule has 2 rings (SSSR count). The average Bonchev–Trinajstić information content (AvgIpc) is 2.63. The molecule has 0 bridgehead atoms. The predicted molar refractivity (Wildman–Crippen MR) is 63.8 cm³/mol. The van der Waals surface area contributed by atoms with E-state index in [1.54, 1.807) is 0 Å². The molecule has 0 fully saturated rings. The van der Waals surface area contributed by atoms with Crippen molar-refractivity contribution in [1.82, 2.24) is 9.47 Å². The molecule has 1 unspecified atom stereocenters. The van der Waals surface area contributed by atoms with E-state index in [-0.39, 0.29) is 0 Å². The molecule has 0 aliphatic heterocycles. The average molecular weight is 201 g/mol. The molecule has 1 aromatic heterocycles. The van der Waals surface area contributed by atoms with Crippen LogP contribution in [0.5, 0.6) is 0 Å². The maximum absolute atomic E-state index is 3.32. The fraction of sp³-hybridized carbons (Fsp3) is 0.385. The quantitative estimate of drug-likeness (QED) is 0.741. The second-order valence-electron chi connectivity index (χ2n) is 4.05. The molecule has 2 nitrogen and oxygen atoms in total. The van der Waals surface area contributed by atoms with E-state index in [9.17, 15) is 0 Å². The first-order chi connectivity index (χ1) is 7.24. The lowest BCUT2D eigenvalue weighted by atomic mass is 10.2. The lowest BCUT2D eigenvalue weighted by molar-refractivity contribution is 0.215. The molecule has 0 amide bonds. The summed E-state index contributed by atoms with van der Waals surface area (Å²) in [7, 11) is 4.22. The molecule has 0 aliphatic rings. The number of benzene rings is 1. The van der Waals surface area contributed by atoms with Crippen LogP contribution in [0.4, 0.5) is 0 Å². The summed E-state index contributed by atoms with van der Waals surface area (Å²) in [4.78, 5) is 2.23. The molecule has 0 saturated carbocycles. The Morgan fingerprint density at radius 3 is 2.73 bits per heavy atom. The van der Waals surface area contributed by atoms with Gasteiger partial charge in [0, 0.05) is 10.9 Å². The van der Waals surface area contributed by atoms with Crippen LogP contribution in [0.3, 0.4) is 0 Å². The Bertz CT molecular complexity index is 442. The second kappa shape index (κ2) is 4.07. The highest BCUT2D eigenvalue weighted by Gasteiger charge is 2.12. The highest BCUT2D eigenvalue weighted by Crippen LogP contribution is 2.22. The minimum atomic E-state index is 0.393. The van der Waals surface area contributed by atoms with E-state index < -0.39 is 0 Å². The smallest absolute Gasteiger partial charge is 0.0863 e. The highest BCUT2D eigenvalue weighted by atomic mass is 15.3. The molecular weight excluding hydrogens is 184 g/mol. The summed E-state index contributed by atoms with van der Waals surface area (Å²) in [5.41, 5.74) is 1.26. The van der Waals surface area contributed by atoms with Crippen molar-refractivity contribution >= 4 is 10.9 Å². The van der Waals surface area contributed by atoms with Crippen LogP contribution in [-0.4, -0.2) is 23.6 Å². The van der Waals surface area contributed by atoms with Crippen molar-refractivity contribution < 1.29 is 0 Å². The van der Waals surface area contributed by atoms with Crippen molar-refractivity contribution in [3.05, 3.63) is 36.5 Å². The van der Waals surface area contributed by atoms with Crippen LogP contribution in [0.15, 0.2) is 30.3 Å². The Hall–Kier alpha value is -1.28. The van der Waals surface area contributed by atoms with Crippen LogP contribution >= 0.6 is 0 Å². The largest absolute Gasteiger partial charge is 0.323 e. The lowest BCUT2D eigenvalue weighted by Crippen LogP contribution is -2.24. The Labute approximate surface area is 91.1 Å². The molecule has 15 heavy (non-hydrogen) atoms. The summed E-state index contributed by atoms with van der Waals surface area (Å²) in [6.45, 7) is 2.20. The number of hydrogen-bond acceptors (Lipinski definition) is 1. The van der Waals surface area contributed by atoms with Crippen LogP contribution < -0.4 is 0 Å². The fourth-order valence-electron chi connectivity index (χ4n) is 2.06. The Balaban J connectivity index is 2.51. The molecule has 1 radical (unpaired) electrons. The van der Waals surface area contributed by atoms with Crippen LogP contribution in [0.25, 0.3) is 10.9 Å². The normalized spacial score (nSPS) is 13.6. The topological polar surface area (TPSA) is 8.17 Å². The summed E-state index contributed by atoms with van der Waals surface area (Å²) in [6, 6.07) is 10.5. The fourth-order valence-corrected chi connectivity index (χ4v) is 2.06. The van der Waals surface area contributed by atoms with Gasteiger partial charge in [0.25, 0.3) is 0 Å². The number of fused-ring (bicyclic) bond motifs is 1. The summed E-state index contributed by atoms with van der Waals surface area (Å²) >= 11 is 0. The first-order valence-electron chi connectivity index (χ1n) is 5.38. The van der Waals surface area contributed by atoms with Crippen molar-refractivity contribution in [2.45, 2.75) is 19.5 Å². The van der Waals surface area contributed by atoms with Gasteiger partial charge in [-0.15, -0.1) is 0 Å². The maximum Gasteiger partial charge on any atom is 0.0863 e. The molecule has 0 saturated heterocycles. The van der Waals surface area contributed by atoms with Gasteiger partial charge in [-0.25, -0.2) is 0 Å². The number of nitrogens with zero attached hydrogens (tertiary/aromatic N) is 2. The van der Waals surface area contributed by atoms with Gasteiger partial charge in [-0.05, 0) is 32.6 Å². The molecule has 0 aliphatic carbocycles. The molecule has 1 aromatic carbocycles. The summed E-state index contributed by atoms with van der Waals surface area (Å²) in [5, 5.41) is 1.26. The summed E-state index contributed by atoms with van der Waals surface area (Å²) in [5.74, 6) is 0. The van der Waals surface area contributed by atoms with Crippen LogP contribution in [-0.2, 0) is 0 Å².